The van der Waals surface area contributed by atoms with Crippen LogP contribution in [0.25, 0.3) is 0 Å². The summed E-state index contributed by atoms with van der Waals surface area (Å²) in [4.78, 5) is 28.0. The van der Waals surface area contributed by atoms with Crippen molar-refractivity contribution in [3.8, 4) is 11.8 Å². The molecule has 0 aromatic heterocycles. The van der Waals surface area contributed by atoms with Gasteiger partial charge in [-0.05, 0) is 55.3 Å². The molecule has 0 unspecified atom stereocenters. The molecule has 3 aromatic rings. The van der Waals surface area contributed by atoms with Crippen LogP contribution in [0.15, 0.2) is 89.5 Å². The molecule has 1 atom stereocenters. The van der Waals surface area contributed by atoms with Gasteiger partial charge in [0.05, 0.1) is 12.4 Å². The minimum absolute atomic E-state index is 0.0972. The van der Waals surface area contributed by atoms with Crippen molar-refractivity contribution in [2.24, 2.45) is 0 Å². The SMILES string of the molecule is COc1ccc(C[C@H]2S/C(=C(/C#N)C(=O)Nc3ccc(C)cc3)N(c3ccccc3)C2=O)cc1. The highest BCUT2D eigenvalue weighted by Gasteiger charge is 2.40. The molecule has 1 N–H and O–H groups in total. The maximum Gasteiger partial charge on any atom is 0.269 e. The minimum atomic E-state index is -0.548. The highest BCUT2D eigenvalue weighted by Crippen LogP contribution is 2.42. The smallest absolute Gasteiger partial charge is 0.269 e. The van der Waals surface area contributed by atoms with Gasteiger partial charge in [-0.1, -0.05) is 59.8 Å². The normalized spacial score (nSPS) is 16.7. The van der Waals surface area contributed by atoms with Crippen LogP contribution in [0, 0.1) is 18.3 Å². The highest BCUT2D eigenvalue weighted by molar-refractivity contribution is 8.05. The number of hydrogen-bond donors (Lipinski definition) is 1. The largest absolute Gasteiger partial charge is 0.497 e. The van der Waals surface area contributed by atoms with Gasteiger partial charge in [-0.25, -0.2) is 0 Å². The van der Waals surface area contributed by atoms with E-state index in [1.807, 2.05) is 67.6 Å². The van der Waals surface area contributed by atoms with Gasteiger partial charge in [-0.2, -0.15) is 5.26 Å². The van der Waals surface area contributed by atoms with Gasteiger partial charge in [-0.3, -0.25) is 14.5 Å². The van der Waals surface area contributed by atoms with Gasteiger partial charge in [0, 0.05) is 11.4 Å². The van der Waals surface area contributed by atoms with Crippen LogP contribution in [0.3, 0.4) is 0 Å². The standard InChI is InChI=1S/C27H23N3O3S/c1-18-8-12-20(13-9-18)29-25(31)23(17-28)27-30(21-6-4-3-5-7-21)26(32)24(34-27)16-19-10-14-22(33-2)15-11-19/h3-15,24H,16H2,1-2H3,(H,29,31)/b27-23-/t24-/m1/s1. The Bertz CT molecular complexity index is 1260. The van der Waals surface area contributed by atoms with Gasteiger partial charge in [0.15, 0.2) is 0 Å². The number of carbonyl (C=O) groups excluding carboxylic acids is 2. The average molecular weight is 470 g/mol. The van der Waals surface area contributed by atoms with Crippen molar-refractivity contribution >= 4 is 35.0 Å². The topological polar surface area (TPSA) is 82.4 Å². The number of hydrogen-bond acceptors (Lipinski definition) is 5. The van der Waals surface area contributed by atoms with Crippen LogP contribution in [0.4, 0.5) is 11.4 Å². The van der Waals surface area contributed by atoms with E-state index in [9.17, 15) is 14.9 Å². The summed E-state index contributed by atoms with van der Waals surface area (Å²) in [5, 5.41) is 12.6. The zero-order valence-corrected chi connectivity index (χ0v) is 19.6. The number of nitriles is 1. The first-order chi connectivity index (χ1) is 16.5. The fourth-order valence-corrected chi connectivity index (χ4v) is 4.91. The van der Waals surface area contributed by atoms with E-state index in [1.165, 1.54) is 16.7 Å². The number of para-hydroxylation sites is 1. The van der Waals surface area contributed by atoms with Crippen LogP contribution in [-0.2, 0) is 16.0 Å². The Balaban J connectivity index is 1.68. The zero-order chi connectivity index (χ0) is 24.1. The fraction of sp³-hybridized carbons (Fsp3) is 0.148. The summed E-state index contributed by atoms with van der Waals surface area (Å²) in [5.41, 5.74) is 3.12. The number of ether oxygens (including phenoxy) is 1. The molecule has 34 heavy (non-hydrogen) atoms. The molecular weight excluding hydrogens is 446 g/mol. The molecular formula is C27H23N3O3S. The van der Waals surface area contributed by atoms with E-state index < -0.39 is 11.2 Å². The number of aryl methyl sites for hydroxylation is 1. The molecule has 0 saturated carbocycles. The van der Waals surface area contributed by atoms with Crippen molar-refractivity contribution in [2.45, 2.75) is 18.6 Å². The third-order valence-electron chi connectivity index (χ3n) is 5.41. The lowest BCUT2D eigenvalue weighted by atomic mass is 10.1. The molecule has 2 amide bonds. The Hall–Kier alpha value is -4.02. The van der Waals surface area contributed by atoms with Gasteiger partial charge >= 0.3 is 0 Å². The first-order valence-corrected chi connectivity index (χ1v) is 11.6. The van der Waals surface area contributed by atoms with Crippen molar-refractivity contribution in [1.82, 2.24) is 0 Å². The molecule has 0 bridgehead atoms. The predicted octanol–water partition coefficient (Wildman–Crippen LogP) is 5.07. The number of anilines is 2. The molecule has 6 nitrogen and oxygen atoms in total. The van der Waals surface area contributed by atoms with Crippen LogP contribution in [0.5, 0.6) is 5.75 Å². The number of rotatable bonds is 6. The van der Waals surface area contributed by atoms with Crippen LogP contribution in [0.2, 0.25) is 0 Å². The quantitative estimate of drug-likeness (QED) is 0.403. The number of methoxy groups -OCH3 is 1. The van der Waals surface area contributed by atoms with E-state index in [0.29, 0.717) is 22.8 Å². The van der Waals surface area contributed by atoms with E-state index in [1.54, 1.807) is 31.4 Å². The lowest BCUT2D eigenvalue weighted by molar-refractivity contribution is -0.117. The summed E-state index contributed by atoms with van der Waals surface area (Å²) < 4.78 is 5.21. The van der Waals surface area contributed by atoms with Crippen molar-refractivity contribution in [2.75, 3.05) is 17.3 Å². The van der Waals surface area contributed by atoms with Crippen molar-refractivity contribution < 1.29 is 14.3 Å². The van der Waals surface area contributed by atoms with E-state index in [0.717, 1.165) is 16.9 Å². The zero-order valence-electron chi connectivity index (χ0n) is 18.8. The lowest BCUT2D eigenvalue weighted by Crippen LogP contribution is -2.30. The average Bonchev–Trinajstić information content (AvgIpc) is 3.17. The number of carbonyl (C=O) groups is 2. The minimum Gasteiger partial charge on any atom is -0.497 e. The van der Waals surface area contributed by atoms with E-state index in [-0.39, 0.29) is 11.5 Å². The third-order valence-corrected chi connectivity index (χ3v) is 6.67. The number of amides is 2. The van der Waals surface area contributed by atoms with Crippen LogP contribution >= 0.6 is 11.8 Å². The van der Waals surface area contributed by atoms with E-state index in [2.05, 4.69) is 5.32 Å². The Kier molecular flexibility index (Phi) is 7.00. The second-order valence-electron chi connectivity index (χ2n) is 7.78. The second-order valence-corrected chi connectivity index (χ2v) is 8.97. The molecule has 1 heterocycles. The van der Waals surface area contributed by atoms with Gasteiger partial charge in [0.1, 0.15) is 22.4 Å². The van der Waals surface area contributed by atoms with Gasteiger partial charge in [-0.15, -0.1) is 0 Å². The molecule has 0 radical (unpaired) electrons. The molecule has 3 aromatic carbocycles. The maximum absolute atomic E-state index is 13.5. The monoisotopic (exact) mass is 469 g/mol. The maximum atomic E-state index is 13.5. The number of nitrogens with one attached hydrogen (secondary N) is 1. The molecule has 4 rings (SSSR count). The summed E-state index contributed by atoms with van der Waals surface area (Å²) in [7, 11) is 1.60. The van der Waals surface area contributed by atoms with E-state index >= 15 is 0 Å². The third kappa shape index (κ3) is 4.98. The summed E-state index contributed by atoms with van der Waals surface area (Å²) in [6, 6.07) is 25.9. The second kappa shape index (κ2) is 10.3. The predicted molar refractivity (Wildman–Crippen MR) is 134 cm³/mol. The van der Waals surface area contributed by atoms with E-state index in [4.69, 9.17) is 4.74 Å². The summed E-state index contributed by atoms with van der Waals surface area (Å²) in [6.45, 7) is 1.95. The van der Waals surface area contributed by atoms with Crippen LogP contribution in [-0.4, -0.2) is 24.2 Å². The van der Waals surface area contributed by atoms with Gasteiger partial charge in [0.25, 0.3) is 5.91 Å². The van der Waals surface area contributed by atoms with Crippen molar-refractivity contribution in [3.63, 3.8) is 0 Å². The fourth-order valence-electron chi connectivity index (χ4n) is 3.61. The van der Waals surface area contributed by atoms with Gasteiger partial charge in [0.2, 0.25) is 5.91 Å². The van der Waals surface area contributed by atoms with Crippen LogP contribution < -0.4 is 15.0 Å². The highest BCUT2D eigenvalue weighted by atomic mass is 32.2. The molecule has 170 valence electrons. The Morgan fingerprint density at radius 1 is 1.06 bits per heavy atom. The first-order valence-electron chi connectivity index (χ1n) is 10.7. The molecule has 7 heteroatoms. The Morgan fingerprint density at radius 2 is 1.74 bits per heavy atom. The Labute approximate surface area is 202 Å². The molecule has 0 aliphatic carbocycles. The lowest BCUT2D eigenvalue weighted by Gasteiger charge is -2.18. The Morgan fingerprint density at radius 3 is 2.35 bits per heavy atom. The summed E-state index contributed by atoms with van der Waals surface area (Å²) >= 11 is 1.24. The number of benzene rings is 3. The number of nitrogens with zero attached hydrogens (tertiary/aromatic N) is 2. The molecule has 1 fully saturated rings. The molecule has 1 aliphatic heterocycles. The molecule has 1 aliphatic rings. The summed E-state index contributed by atoms with van der Waals surface area (Å²) in [6.07, 6.45) is 0.457. The molecule has 0 spiro atoms. The molecule has 1 saturated heterocycles. The first kappa shape index (κ1) is 23.1. The van der Waals surface area contributed by atoms with Crippen LogP contribution in [0.1, 0.15) is 11.1 Å². The summed E-state index contributed by atoms with van der Waals surface area (Å²) in [5.74, 6) is 0.0192. The van der Waals surface area contributed by atoms with Crippen molar-refractivity contribution in [3.05, 3.63) is 101 Å². The van der Waals surface area contributed by atoms with Gasteiger partial charge < -0.3 is 10.1 Å². The van der Waals surface area contributed by atoms with Crippen molar-refractivity contribution in [1.29, 1.82) is 5.26 Å². The number of thioether (sulfide) groups is 1.